The highest BCUT2D eigenvalue weighted by molar-refractivity contribution is 7.15. The van der Waals surface area contributed by atoms with Crippen molar-refractivity contribution in [3.05, 3.63) is 66.1 Å². The molecule has 162 valence electrons. The van der Waals surface area contributed by atoms with E-state index in [9.17, 15) is 9.18 Å². The molecular weight excluding hydrogens is 425 g/mol. The molecule has 0 aliphatic heterocycles. The Hall–Kier alpha value is -3.52. The van der Waals surface area contributed by atoms with Crippen LogP contribution in [0.3, 0.4) is 0 Å². The van der Waals surface area contributed by atoms with Crippen LogP contribution in [0.2, 0.25) is 0 Å². The number of pyridine rings is 1. The van der Waals surface area contributed by atoms with Crippen molar-refractivity contribution in [1.29, 1.82) is 0 Å². The van der Waals surface area contributed by atoms with Crippen molar-refractivity contribution in [2.24, 2.45) is 5.92 Å². The van der Waals surface area contributed by atoms with Crippen molar-refractivity contribution in [2.75, 3.05) is 10.6 Å². The summed E-state index contributed by atoms with van der Waals surface area (Å²) in [5, 5.41) is 7.57. The van der Waals surface area contributed by atoms with Crippen LogP contribution >= 0.6 is 11.3 Å². The molecule has 1 aliphatic carbocycles. The van der Waals surface area contributed by atoms with Crippen LogP contribution in [0.1, 0.15) is 17.7 Å². The molecule has 1 fully saturated rings. The van der Waals surface area contributed by atoms with Crippen molar-refractivity contribution in [3.8, 4) is 11.3 Å². The van der Waals surface area contributed by atoms with Gasteiger partial charge in [-0.25, -0.2) is 14.4 Å². The number of halogens is 1. The first-order valence-corrected chi connectivity index (χ1v) is 11.2. The molecule has 0 atom stereocenters. The fourth-order valence-electron chi connectivity index (χ4n) is 3.68. The molecule has 32 heavy (non-hydrogen) atoms. The zero-order valence-corrected chi connectivity index (χ0v) is 18.4. The Morgan fingerprint density at radius 1 is 1.34 bits per heavy atom. The topological polar surface area (TPSA) is 71.8 Å². The molecule has 4 aromatic rings. The minimum Gasteiger partial charge on any atom is -0.347 e. The van der Waals surface area contributed by atoms with Gasteiger partial charge in [-0.3, -0.25) is 4.79 Å². The van der Waals surface area contributed by atoms with Gasteiger partial charge in [0, 0.05) is 40.8 Å². The van der Waals surface area contributed by atoms with E-state index in [2.05, 4.69) is 33.0 Å². The number of amides is 1. The molecular formula is C24H22FN5OS. The summed E-state index contributed by atoms with van der Waals surface area (Å²) < 4.78 is 16.6. The number of nitrogens with zero attached hydrogens (tertiary/aromatic N) is 3. The van der Waals surface area contributed by atoms with E-state index in [1.54, 1.807) is 23.5 Å². The third-order valence-electron chi connectivity index (χ3n) is 5.46. The van der Waals surface area contributed by atoms with Gasteiger partial charge >= 0.3 is 0 Å². The molecule has 6 nitrogen and oxygen atoms in total. The van der Waals surface area contributed by atoms with E-state index in [1.165, 1.54) is 18.9 Å². The molecule has 0 bridgehead atoms. The summed E-state index contributed by atoms with van der Waals surface area (Å²) in [6.45, 7) is 6.40. The second kappa shape index (κ2) is 8.20. The van der Waals surface area contributed by atoms with Gasteiger partial charge in [-0.15, -0.1) is 11.3 Å². The maximum atomic E-state index is 14.3. The predicted octanol–water partition coefficient (Wildman–Crippen LogP) is 5.89. The van der Waals surface area contributed by atoms with Gasteiger partial charge in [0.05, 0.1) is 16.9 Å². The second-order valence-corrected chi connectivity index (χ2v) is 9.22. The van der Waals surface area contributed by atoms with E-state index in [4.69, 9.17) is 4.98 Å². The molecule has 1 aromatic carbocycles. The van der Waals surface area contributed by atoms with Crippen LogP contribution in [0.15, 0.2) is 55.4 Å². The molecule has 3 heterocycles. The Morgan fingerprint density at radius 2 is 2.19 bits per heavy atom. The van der Waals surface area contributed by atoms with Gasteiger partial charge in [0.25, 0.3) is 0 Å². The Balaban J connectivity index is 1.62. The summed E-state index contributed by atoms with van der Waals surface area (Å²) >= 11 is 1.55. The number of aromatic nitrogens is 3. The minimum atomic E-state index is -0.515. The number of anilines is 3. The Labute approximate surface area is 188 Å². The third-order valence-corrected chi connectivity index (χ3v) is 6.29. The summed E-state index contributed by atoms with van der Waals surface area (Å²) in [6, 6.07) is 8.70. The average Bonchev–Trinajstić information content (AvgIpc) is 3.38. The number of hydrogen-bond donors (Lipinski definition) is 2. The van der Waals surface area contributed by atoms with Crippen LogP contribution in [0.5, 0.6) is 0 Å². The standard InChI is InChI=1S/C24H22FN5OS/c1-3-22(31)27-19-10-16(6-7-18(19)25)23-17-8-9-30(13-15-4-5-15)20(17)11-21(28-23)29-24-26-12-14(2)32-24/h3,6-12,15H,1,4-5,13H2,2H3,(H,27,31)(H,26,28,29). The first kappa shape index (κ1) is 20.4. The fourth-order valence-corrected chi connectivity index (χ4v) is 4.36. The van der Waals surface area contributed by atoms with Gasteiger partial charge in [0.2, 0.25) is 5.91 Å². The number of nitrogens with one attached hydrogen (secondary N) is 2. The van der Waals surface area contributed by atoms with Crippen molar-refractivity contribution in [3.63, 3.8) is 0 Å². The van der Waals surface area contributed by atoms with Crippen molar-refractivity contribution >= 4 is 44.8 Å². The summed E-state index contributed by atoms with van der Waals surface area (Å²) in [4.78, 5) is 22.1. The minimum absolute atomic E-state index is 0.0914. The van der Waals surface area contributed by atoms with E-state index < -0.39 is 11.7 Å². The third kappa shape index (κ3) is 4.13. The largest absolute Gasteiger partial charge is 0.347 e. The van der Waals surface area contributed by atoms with Gasteiger partial charge in [0.1, 0.15) is 11.6 Å². The summed E-state index contributed by atoms with van der Waals surface area (Å²) in [5.74, 6) is 0.397. The first-order chi connectivity index (χ1) is 15.5. The lowest BCUT2D eigenvalue weighted by Gasteiger charge is -2.12. The highest BCUT2D eigenvalue weighted by Gasteiger charge is 2.23. The molecule has 3 aromatic heterocycles. The second-order valence-electron chi connectivity index (χ2n) is 7.99. The smallest absolute Gasteiger partial charge is 0.247 e. The lowest BCUT2D eigenvalue weighted by atomic mass is 10.1. The van der Waals surface area contributed by atoms with Gasteiger partial charge in [-0.05, 0) is 56.0 Å². The number of carbonyl (C=O) groups is 1. The van der Waals surface area contributed by atoms with E-state index in [-0.39, 0.29) is 5.69 Å². The van der Waals surface area contributed by atoms with E-state index in [0.717, 1.165) is 33.5 Å². The molecule has 0 spiro atoms. The monoisotopic (exact) mass is 447 g/mol. The Bertz CT molecular complexity index is 1340. The first-order valence-electron chi connectivity index (χ1n) is 10.4. The molecule has 5 rings (SSSR count). The van der Waals surface area contributed by atoms with Gasteiger partial charge in [0.15, 0.2) is 5.13 Å². The Morgan fingerprint density at radius 3 is 2.91 bits per heavy atom. The SMILES string of the molecule is C=CC(=O)Nc1cc(-c2nc(Nc3ncc(C)s3)cc3c2ccn3CC2CC2)ccc1F. The molecule has 0 unspecified atom stereocenters. The molecule has 0 saturated heterocycles. The number of aryl methyl sites for hydroxylation is 1. The number of hydrogen-bond acceptors (Lipinski definition) is 5. The maximum absolute atomic E-state index is 14.3. The molecule has 1 saturated carbocycles. The number of rotatable bonds is 7. The molecule has 0 radical (unpaired) electrons. The fraction of sp³-hybridized carbons (Fsp3) is 0.208. The predicted molar refractivity (Wildman–Crippen MR) is 127 cm³/mol. The number of thiazole rings is 1. The van der Waals surface area contributed by atoms with Crippen molar-refractivity contribution in [2.45, 2.75) is 26.3 Å². The van der Waals surface area contributed by atoms with Gasteiger partial charge in [-0.1, -0.05) is 6.58 Å². The van der Waals surface area contributed by atoms with Crippen molar-refractivity contribution < 1.29 is 9.18 Å². The van der Waals surface area contributed by atoms with E-state index in [1.807, 2.05) is 25.3 Å². The van der Waals surface area contributed by atoms with Crippen LogP contribution in [0, 0.1) is 18.7 Å². The van der Waals surface area contributed by atoms with E-state index in [0.29, 0.717) is 23.0 Å². The number of carbonyl (C=O) groups excluding carboxylic acids is 1. The lowest BCUT2D eigenvalue weighted by Crippen LogP contribution is -2.09. The van der Waals surface area contributed by atoms with Crippen LogP contribution in [0.4, 0.5) is 21.0 Å². The zero-order chi connectivity index (χ0) is 22.2. The van der Waals surface area contributed by atoms with Crippen LogP contribution in [-0.2, 0) is 11.3 Å². The summed E-state index contributed by atoms with van der Waals surface area (Å²) in [7, 11) is 0. The molecule has 2 N–H and O–H groups in total. The van der Waals surface area contributed by atoms with Crippen molar-refractivity contribution in [1.82, 2.24) is 14.5 Å². The highest BCUT2D eigenvalue weighted by Crippen LogP contribution is 2.36. The molecule has 1 amide bonds. The van der Waals surface area contributed by atoms with Crippen LogP contribution in [0.25, 0.3) is 22.2 Å². The quantitative estimate of drug-likeness (QED) is 0.347. The number of fused-ring (bicyclic) bond motifs is 1. The molecule has 1 aliphatic rings. The maximum Gasteiger partial charge on any atom is 0.247 e. The zero-order valence-electron chi connectivity index (χ0n) is 17.6. The normalized spacial score (nSPS) is 13.3. The number of benzene rings is 1. The van der Waals surface area contributed by atoms with Gasteiger partial charge in [-0.2, -0.15) is 0 Å². The summed E-state index contributed by atoms with van der Waals surface area (Å²) in [5.41, 5.74) is 2.56. The van der Waals surface area contributed by atoms with Crippen LogP contribution < -0.4 is 10.6 Å². The highest BCUT2D eigenvalue weighted by atomic mass is 32.1. The lowest BCUT2D eigenvalue weighted by molar-refractivity contribution is -0.111. The van der Waals surface area contributed by atoms with Gasteiger partial charge < -0.3 is 15.2 Å². The summed E-state index contributed by atoms with van der Waals surface area (Å²) in [6.07, 6.45) is 7.52. The average molecular weight is 448 g/mol. The van der Waals surface area contributed by atoms with Crippen LogP contribution in [-0.4, -0.2) is 20.4 Å². The van der Waals surface area contributed by atoms with E-state index >= 15 is 0 Å². The Kier molecular flexibility index (Phi) is 5.22. The molecule has 8 heteroatoms.